The third-order valence-electron chi connectivity index (χ3n) is 2.97. The maximum Gasteiger partial charge on any atom is 0.309 e. The minimum atomic E-state index is -0.0820. The maximum atomic E-state index is 11.8. The molecule has 0 spiro atoms. The Hall–Kier alpha value is -1.06. The summed E-state index contributed by atoms with van der Waals surface area (Å²) in [4.78, 5) is 11.8. The first-order valence-electron chi connectivity index (χ1n) is 5.87. The first-order valence-corrected chi connectivity index (χ1v) is 6.25. The highest BCUT2D eigenvalue weighted by Gasteiger charge is 2.22. The van der Waals surface area contributed by atoms with Gasteiger partial charge in [-0.3, -0.25) is 4.79 Å². The number of halogens is 1. The summed E-state index contributed by atoms with van der Waals surface area (Å²) >= 11 is 5.78. The molecule has 1 aliphatic rings. The summed E-state index contributed by atoms with van der Waals surface area (Å²) in [6.45, 7) is 2.14. The molecule has 17 heavy (non-hydrogen) atoms. The minimum absolute atomic E-state index is 0.0588. The lowest BCUT2D eigenvalue weighted by molar-refractivity contribution is -0.150. The van der Waals surface area contributed by atoms with Crippen molar-refractivity contribution in [1.29, 1.82) is 0 Å². The Labute approximate surface area is 106 Å². The van der Waals surface area contributed by atoms with E-state index in [0.29, 0.717) is 11.6 Å². The van der Waals surface area contributed by atoms with Crippen molar-refractivity contribution in [1.82, 2.24) is 5.32 Å². The average molecular weight is 254 g/mol. The first kappa shape index (κ1) is 12.4. The maximum absolute atomic E-state index is 11.8. The van der Waals surface area contributed by atoms with Crippen LogP contribution in [0.15, 0.2) is 24.3 Å². The van der Waals surface area contributed by atoms with E-state index in [-0.39, 0.29) is 11.9 Å². The van der Waals surface area contributed by atoms with E-state index in [4.69, 9.17) is 16.3 Å². The summed E-state index contributed by atoms with van der Waals surface area (Å²) in [5.41, 5.74) is 0.969. The molecule has 92 valence electrons. The highest BCUT2D eigenvalue weighted by Crippen LogP contribution is 2.15. The SMILES string of the molecule is O=C(OCc1ccc(Cl)cc1)C1CCNCC1. The number of hydrogen-bond acceptors (Lipinski definition) is 3. The third-order valence-corrected chi connectivity index (χ3v) is 3.22. The van der Waals surface area contributed by atoms with Gasteiger partial charge < -0.3 is 10.1 Å². The van der Waals surface area contributed by atoms with Crippen molar-refractivity contribution in [2.75, 3.05) is 13.1 Å². The number of benzene rings is 1. The van der Waals surface area contributed by atoms with E-state index < -0.39 is 0 Å². The van der Waals surface area contributed by atoms with Gasteiger partial charge in [-0.1, -0.05) is 23.7 Å². The lowest BCUT2D eigenvalue weighted by Crippen LogP contribution is -2.32. The molecule has 1 N–H and O–H groups in total. The second-order valence-electron chi connectivity index (χ2n) is 4.26. The predicted molar refractivity (Wildman–Crippen MR) is 66.8 cm³/mol. The van der Waals surface area contributed by atoms with Crippen molar-refractivity contribution >= 4 is 17.6 Å². The molecule has 0 aliphatic carbocycles. The van der Waals surface area contributed by atoms with Gasteiger partial charge >= 0.3 is 5.97 Å². The molecule has 3 nitrogen and oxygen atoms in total. The van der Waals surface area contributed by atoms with Gasteiger partial charge in [0.05, 0.1) is 5.92 Å². The van der Waals surface area contributed by atoms with Crippen LogP contribution in [0.4, 0.5) is 0 Å². The second-order valence-corrected chi connectivity index (χ2v) is 4.69. The quantitative estimate of drug-likeness (QED) is 0.841. The van der Waals surface area contributed by atoms with Gasteiger partial charge in [-0.2, -0.15) is 0 Å². The molecule has 0 amide bonds. The molecule has 1 saturated heterocycles. The topological polar surface area (TPSA) is 38.3 Å². The van der Waals surface area contributed by atoms with E-state index in [1.54, 1.807) is 12.1 Å². The lowest BCUT2D eigenvalue weighted by atomic mass is 9.98. The van der Waals surface area contributed by atoms with E-state index in [1.165, 1.54) is 0 Å². The molecule has 1 aromatic rings. The molecular formula is C13H16ClNO2. The largest absolute Gasteiger partial charge is 0.461 e. The van der Waals surface area contributed by atoms with Crippen LogP contribution < -0.4 is 5.32 Å². The van der Waals surface area contributed by atoms with Crippen LogP contribution >= 0.6 is 11.6 Å². The van der Waals surface area contributed by atoms with Gasteiger partial charge in [-0.05, 0) is 43.6 Å². The predicted octanol–water partition coefficient (Wildman–Crippen LogP) is 2.38. The highest BCUT2D eigenvalue weighted by atomic mass is 35.5. The monoisotopic (exact) mass is 253 g/mol. The molecular weight excluding hydrogens is 238 g/mol. The van der Waals surface area contributed by atoms with Gasteiger partial charge in [0.25, 0.3) is 0 Å². The third kappa shape index (κ3) is 3.72. The van der Waals surface area contributed by atoms with E-state index >= 15 is 0 Å². The average Bonchev–Trinajstić information content (AvgIpc) is 2.39. The van der Waals surface area contributed by atoms with E-state index in [2.05, 4.69) is 5.32 Å². The molecule has 2 rings (SSSR count). The van der Waals surface area contributed by atoms with Gasteiger partial charge in [-0.25, -0.2) is 0 Å². The van der Waals surface area contributed by atoms with Crippen LogP contribution in [-0.4, -0.2) is 19.1 Å². The fraction of sp³-hybridized carbons (Fsp3) is 0.462. The summed E-state index contributed by atoms with van der Waals surface area (Å²) in [5, 5.41) is 3.92. The Morgan fingerprint density at radius 2 is 1.94 bits per heavy atom. The molecule has 0 unspecified atom stereocenters. The van der Waals surface area contributed by atoms with Crippen molar-refractivity contribution in [3.63, 3.8) is 0 Å². The van der Waals surface area contributed by atoms with Crippen molar-refractivity contribution in [2.24, 2.45) is 5.92 Å². The summed E-state index contributed by atoms with van der Waals surface area (Å²) in [5.74, 6) is -0.0231. The van der Waals surface area contributed by atoms with Gasteiger partial charge in [0.2, 0.25) is 0 Å². The molecule has 0 radical (unpaired) electrons. The van der Waals surface area contributed by atoms with E-state index in [9.17, 15) is 4.79 Å². The number of piperidine rings is 1. The van der Waals surface area contributed by atoms with Crippen LogP contribution in [0.5, 0.6) is 0 Å². The Kier molecular flexibility index (Phi) is 4.40. The second kappa shape index (κ2) is 6.03. The zero-order chi connectivity index (χ0) is 12.1. The Morgan fingerprint density at radius 1 is 1.29 bits per heavy atom. The molecule has 1 heterocycles. The number of carbonyl (C=O) groups excluding carboxylic acids is 1. The molecule has 1 aromatic carbocycles. The van der Waals surface area contributed by atoms with Crippen molar-refractivity contribution in [3.05, 3.63) is 34.9 Å². The number of carbonyl (C=O) groups is 1. The number of ether oxygens (including phenoxy) is 1. The van der Waals surface area contributed by atoms with Crippen LogP contribution in [0.1, 0.15) is 18.4 Å². The zero-order valence-electron chi connectivity index (χ0n) is 9.62. The number of esters is 1. The van der Waals surface area contributed by atoms with Gasteiger partial charge in [0, 0.05) is 5.02 Å². The Bertz CT molecular complexity index is 372. The fourth-order valence-corrected chi connectivity index (χ4v) is 2.04. The van der Waals surface area contributed by atoms with Gasteiger partial charge in [-0.15, -0.1) is 0 Å². The highest BCUT2D eigenvalue weighted by molar-refractivity contribution is 6.30. The Balaban J connectivity index is 1.81. The summed E-state index contributed by atoms with van der Waals surface area (Å²) in [6.07, 6.45) is 1.75. The normalized spacial score (nSPS) is 16.8. The standard InChI is InChI=1S/C13H16ClNO2/c14-12-3-1-10(2-4-12)9-17-13(16)11-5-7-15-8-6-11/h1-4,11,15H,5-9H2. The fourth-order valence-electron chi connectivity index (χ4n) is 1.91. The number of rotatable bonds is 3. The van der Waals surface area contributed by atoms with Crippen molar-refractivity contribution < 1.29 is 9.53 Å². The minimum Gasteiger partial charge on any atom is -0.461 e. The molecule has 0 aromatic heterocycles. The Morgan fingerprint density at radius 3 is 2.59 bits per heavy atom. The number of nitrogens with one attached hydrogen (secondary N) is 1. The van der Waals surface area contributed by atoms with Crippen molar-refractivity contribution in [3.8, 4) is 0 Å². The molecule has 1 aliphatic heterocycles. The number of hydrogen-bond donors (Lipinski definition) is 1. The van der Waals surface area contributed by atoms with Crippen LogP contribution in [0.3, 0.4) is 0 Å². The molecule has 1 fully saturated rings. The lowest BCUT2D eigenvalue weighted by Gasteiger charge is -2.20. The van der Waals surface area contributed by atoms with Crippen LogP contribution in [0.25, 0.3) is 0 Å². The summed E-state index contributed by atoms with van der Waals surface area (Å²) in [7, 11) is 0. The molecule has 0 saturated carbocycles. The van der Waals surface area contributed by atoms with Crippen LogP contribution in [-0.2, 0) is 16.1 Å². The summed E-state index contributed by atoms with van der Waals surface area (Å²) < 4.78 is 5.30. The van der Waals surface area contributed by atoms with Crippen molar-refractivity contribution in [2.45, 2.75) is 19.4 Å². The molecule has 0 bridgehead atoms. The van der Waals surface area contributed by atoms with E-state index in [1.807, 2.05) is 12.1 Å². The molecule has 0 atom stereocenters. The summed E-state index contributed by atoms with van der Waals surface area (Å²) in [6, 6.07) is 7.35. The van der Waals surface area contributed by atoms with E-state index in [0.717, 1.165) is 31.5 Å². The van der Waals surface area contributed by atoms with Crippen LogP contribution in [0, 0.1) is 5.92 Å². The molecule has 4 heteroatoms. The van der Waals surface area contributed by atoms with Gasteiger partial charge in [0.1, 0.15) is 6.61 Å². The smallest absolute Gasteiger partial charge is 0.309 e. The first-order chi connectivity index (χ1) is 8.25. The zero-order valence-corrected chi connectivity index (χ0v) is 10.4. The van der Waals surface area contributed by atoms with Crippen LogP contribution in [0.2, 0.25) is 5.02 Å². The van der Waals surface area contributed by atoms with Gasteiger partial charge in [0.15, 0.2) is 0 Å².